The molecule has 6 nitrogen and oxygen atoms in total. The van der Waals surface area contributed by atoms with E-state index in [1.165, 1.54) is 128 Å². The van der Waals surface area contributed by atoms with E-state index in [1.54, 1.807) is 0 Å². The molecule has 0 amide bonds. The SMILES string of the molecule is CC/C=C\C/C=C\C/C=C\CCCCC(=O)OC(COC(=O)CCCCCCCCCCCCCC)COC(=O)CCCCCCCCCCCCCCCC. The van der Waals surface area contributed by atoms with Gasteiger partial charge in [-0.15, -0.1) is 0 Å². The van der Waals surface area contributed by atoms with Crippen molar-refractivity contribution in [2.24, 2.45) is 0 Å². The van der Waals surface area contributed by atoms with Crippen molar-refractivity contribution in [1.29, 1.82) is 0 Å². The van der Waals surface area contributed by atoms with Gasteiger partial charge in [-0.3, -0.25) is 14.4 Å². The Labute approximate surface area is 346 Å². The summed E-state index contributed by atoms with van der Waals surface area (Å²) in [5, 5.41) is 0. The van der Waals surface area contributed by atoms with Crippen molar-refractivity contribution in [3.63, 3.8) is 0 Å². The Morgan fingerprint density at radius 3 is 1.09 bits per heavy atom. The van der Waals surface area contributed by atoms with Crippen LogP contribution in [0.2, 0.25) is 0 Å². The van der Waals surface area contributed by atoms with Crippen LogP contribution in [0, 0.1) is 0 Å². The zero-order valence-corrected chi connectivity index (χ0v) is 37.2. The monoisotopic (exact) mass is 787 g/mol. The standard InChI is InChI=1S/C50H90O6/c1-4-7-10-13-16-19-22-25-26-29-31-34-37-40-43-49(52)55-46-47(56-50(53)44-41-38-35-32-28-24-21-18-15-12-9-6-3)45-54-48(51)42-39-36-33-30-27-23-20-17-14-11-8-5-2/h9,12,18,21,28,32,47H,4-8,10-11,13-17,19-20,22-27,29-31,33-46H2,1-3H3/b12-9-,21-18-,32-28-. The van der Waals surface area contributed by atoms with Gasteiger partial charge in [0.1, 0.15) is 13.2 Å². The molecule has 0 spiro atoms. The second-order valence-corrected chi connectivity index (χ2v) is 16.0. The maximum atomic E-state index is 12.7. The molecular formula is C50H90O6. The Hall–Kier alpha value is -2.37. The number of hydrogen-bond acceptors (Lipinski definition) is 6. The van der Waals surface area contributed by atoms with Crippen LogP contribution in [0.3, 0.4) is 0 Å². The average Bonchev–Trinajstić information content (AvgIpc) is 3.19. The fourth-order valence-electron chi connectivity index (χ4n) is 6.81. The van der Waals surface area contributed by atoms with Crippen molar-refractivity contribution < 1.29 is 28.6 Å². The first-order chi connectivity index (χ1) is 27.5. The molecule has 0 bridgehead atoms. The first kappa shape index (κ1) is 53.6. The quantitative estimate of drug-likeness (QED) is 0.0265. The lowest BCUT2D eigenvalue weighted by molar-refractivity contribution is -0.167. The molecule has 1 unspecified atom stereocenters. The van der Waals surface area contributed by atoms with Gasteiger partial charge < -0.3 is 14.2 Å². The lowest BCUT2D eigenvalue weighted by Crippen LogP contribution is -2.30. The second-order valence-electron chi connectivity index (χ2n) is 16.0. The molecule has 0 aromatic rings. The number of carbonyl (C=O) groups excluding carboxylic acids is 3. The molecule has 0 aliphatic carbocycles. The molecule has 0 aliphatic rings. The molecule has 0 N–H and O–H groups in total. The second kappa shape index (κ2) is 45.3. The van der Waals surface area contributed by atoms with E-state index in [0.29, 0.717) is 19.3 Å². The van der Waals surface area contributed by atoms with Gasteiger partial charge in [0, 0.05) is 19.3 Å². The average molecular weight is 787 g/mol. The summed E-state index contributed by atoms with van der Waals surface area (Å²) in [6, 6.07) is 0. The maximum Gasteiger partial charge on any atom is 0.306 e. The highest BCUT2D eigenvalue weighted by atomic mass is 16.6. The Morgan fingerprint density at radius 2 is 0.696 bits per heavy atom. The van der Waals surface area contributed by atoms with Crippen molar-refractivity contribution in [3.05, 3.63) is 36.5 Å². The predicted molar refractivity (Wildman–Crippen MR) is 238 cm³/mol. The number of esters is 3. The van der Waals surface area contributed by atoms with Crippen LogP contribution >= 0.6 is 0 Å². The summed E-state index contributed by atoms with van der Waals surface area (Å²) in [4.78, 5) is 37.8. The number of allylic oxidation sites excluding steroid dienone is 6. The normalized spacial score (nSPS) is 12.3. The number of hydrogen-bond donors (Lipinski definition) is 0. The Kier molecular flexibility index (Phi) is 43.4. The fourth-order valence-corrected chi connectivity index (χ4v) is 6.81. The molecule has 0 aromatic heterocycles. The number of rotatable bonds is 43. The summed E-state index contributed by atoms with van der Waals surface area (Å²) in [7, 11) is 0. The highest BCUT2D eigenvalue weighted by Gasteiger charge is 2.19. The van der Waals surface area contributed by atoms with Crippen LogP contribution in [0.4, 0.5) is 0 Å². The van der Waals surface area contributed by atoms with Gasteiger partial charge in [0.15, 0.2) is 6.10 Å². The minimum Gasteiger partial charge on any atom is -0.462 e. The summed E-state index contributed by atoms with van der Waals surface area (Å²) in [5.41, 5.74) is 0. The summed E-state index contributed by atoms with van der Waals surface area (Å²) >= 11 is 0. The molecular weight excluding hydrogens is 697 g/mol. The molecule has 6 heteroatoms. The maximum absolute atomic E-state index is 12.7. The van der Waals surface area contributed by atoms with Crippen LogP contribution in [0.25, 0.3) is 0 Å². The van der Waals surface area contributed by atoms with Crippen LogP contribution in [-0.4, -0.2) is 37.2 Å². The van der Waals surface area contributed by atoms with Gasteiger partial charge in [0.05, 0.1) is 0 Å². The van der Waals surface area contributed by atoms with Crippen molar-refractivity contribution in [2.45, 2.75) is 252 Å². The molecule has 0 fully saturated rings. The van der Waals surface area contributed by atoms with E-state index >= 15 is 0 Å². The van der Waals surface area contributed by atoms with Gasteiger partial charge >= 0.3 is 17.9 Å². The minimum absolute atomic E-state index is 0.0838. The van der Waals surface area contributed by atoms with E-state index in [9.17, 15) is 14.4 Å². The van der Waals surface area contributed by atoms with E-state index in [4.69, 9.17) is 14.2 Å². The topological polar surface area (TPSA) is 78.9 Å². The van der Waals surface area contributed by atoms with E-state index in [-0.39, 0.29) is 37.5 Å². The molecule has 0 radical (unpaired) electrons. The fraction of sp³-hybridized carbons (Fsp3) is 0.820. The molecule has 0 aliphatic heterocycles. The number of ether oxygens (including phenoxy) is 3. The van der Waals surface area contributed by atoms with Gasteiger partial charge in [0.25, 0.3) is 0 Å². The summed E-state index contributed by atoms with van der Waals surface area (Å²) < 4.78 is 16.7. The molecule has 0 aromatic carbocycles. The van der Waals surface area contributed by atoms with Crippen molar-refractivity contribution in [1.82, 2.24) is 0 Å². The highest BCUT2D eigenvalue weighted by Crippen LogP contribution is 2.15. The third-order valence-corrected chi connectivity index (χ3v) is 10.4. The largest absolute Gasteiger partial charge is 0.462 e. The lowest BCUT2D eigenvalue weighted by atomic mass is 10.0. The van der Waals surface area contributed by atoms with Gasteiger partial charge in [-0.1, -0.05) is 211 Å². The first-order valence-corrected chi connectivity index (χ1v) is 24.0. The van der Waals surface area contributed by atoms with Crippen molar-refractivity contribution in [2.75, 3.05) is 13.2 Å². The predicted octanol–water partition coefficient (Wildman–Crippen LogP) is 15.4. The smallest absolute Gasteiger partial charge is 0.306 e. The van der Waals surface area contributed by atoms with Crippen LogP contribution in [0.15, 0.2) is 36.5 Å². The first-order valence-electron chi connectivity index (χ1n) is 24.0. The zero-order valence-electron chi connectivity index (χ0n) is 37.2. The van der Waals surface area contributed by atoms with Crippen LogP contribution in [-0.2, 0) is 28.6 Å². The number of carbonyl (C=O) groups is 3. The van der Waals surface area contributed by atoms with Gasteiger partial charge in [0.2, 0.25) is 0 Å². The summed E-state index contributed by atoms with van der Waals surface area (Å²) in [6.07, 6.45) is 51.3. The number of unbranched alkanes of at least 4 members (excludes halogenated alkanes) is 26. The van der Waals surface area contributed by atoms with E-state index in [0.717, 1.165) is 70.6 Å². The van der Waals surface area contributed by atoms with E-state index < -0.39 is 6.10 Å². The minimum atomic E-state index is -0.785. The molecule has 0 heterocycles. The lowest BCUT2D eigenvalue weighted by Gasteiger charge is -2.18. The third-order valence-electron chi connectivity index (χ3n) is 10.4. The van der Waals surface area contributed by atoms with Gasteiger partial charge in [-0.05, 0) is 51.4 Å². The summed E-state index contributed by atoms with van der Waals surface area (Å²) in [5.74, 6) is -0.917. The Morgan fingerprint density at radius 1 is 0.375 bits per heavy atom. The van der Waals surface area contributed by atoms with Crippen molar-refractivity contribution >= 4 is 17.9 Å². The Bertz CT molecular complexity index is 953. The zero-order chi connectivity index (χ0) is 40.8. The van der Waals surface area contributed by atoms with Gasteiger partial charge in [-0.25, -0.2) is 0 Å². The Balaban J connectivity index is 4.39. The highest BCUT2D eigenvalue weighted by molar-refractivity contribution is 5.71. The van der Waals surface area contributed by atoms with Crippen LogP contribution < -0.4 is 0 Å². The van der Waals surface area contributed by atoms with Crippen LogP contribution in [0.5, 0.6) is 0 Å². The van der Waals surface area contributed by atoms with Gasteiger partial charge in [-0.2, -0.15) is 0 Å². The molecule has 1 atom stereocenters. The van der Waals surface area contributed by atoms with Crippen LogP contribution in [0.1, 0.15) is 245 Å². The molecule has 326 valence electrons. The molecule has 0 saturated heterocycles. The van der Waals surface area contributed by atoms with E-state index in [2.05, 4.69) is 57.2 Å². The molecule has 0 rings (SSSR count). The van der Waals surface area contributed by atoms with Crippen molar-refractivity contribution in [3.8, 4) is 0 Å². The third kappa shape index (κ3) is 42.8. The summed E-state index contributed by atoms with van der Waals surface area (Å²) in [6.45, 7) is 6.49. The molecule has 0 saturated carbocycles. The van der Waals surface area contributed by atoms with E-state index in [1.807, 2.05) is 0 Å². The molecule has 56 heavy (non-hydrogen) atoms.